The second kappa shape index (κ2) is 14.2. The number of carbonyl (C=O) groups excluding carboxylic acids is 1. The maximum absolute atomic E-state index is 12.5. The van der Waals surface area contributed by atoms with Crippen LogP contribution >= 0.6 is 23.2 Å². The summed E-state index contributed by atoms with van der Waals surface area (Å²) in [6, 6.07) is 24.5. The van der Waals surface area contributed by atoms with E-state index >= 15 is 0 Å². The highest BCUT2D eigenvalue weighted by atomic mass is 35.5. The van der Waals surface area contributed by atoms with Crippen molar-refractivity contribution in [2.45, 2.75) is 19.4 Å². The number of ether oxygens (including phenoxy) is 6. The molecule has 0 radical (unpaired) electrons. The van der Waals surface area contributed by atoms with E-state index in [9.17, 15) is 10.1 Å². The number of halogens is 2. The van der Waals surface area contributed by atoms with Crippen molar-refractivity contribution in [3.8, 4) is 40.6 Å². The Morgan fingerprint density at radius 2 is 1.67 bits per heavy atom. The Labute approximate surface area is 270 Å². The Bertz CT molecular complexity index is 1780. The van der Waals surface area contributed by atoms with Gasteiger partial charge in [-0.2, -0.15) is 5.26 Å². The molecule has 0 bridgehead atoms. The molecule has 45 heavy (non-hydrogen) atoms. The molecule has 0 aromatic heterocycles. The van der Waals surface area contributed by atoms with E-state index in [-0.39, 0.29) is 30.4 Å². The van der Waals surface area contributed by atoms with Gasteiger partial charge in [0.2, 0.25) is 5.88 Å². The van der Waals surface area contributed by atoms with E-state index in [1.54, 1.807) is 79.9 Å². The van der Waals surface area contributed by atoms with Crippen LogP contribution in [0.25, 0.3) is 0 Å². The predicted molar refractivity (Wildman–Crippen MR) is 168 cm³/mol. The summed E-state index contributed by atoms with van der Waals surface area (Å²) in [5.41, 5.74) is 8.56. The van der Waals surface area contributed by atoms with E-state index in [1.807, 2.05) is 13.0 Å². The number of carbonyl (C=O) groups is 1. The molecule has 1 heterocycles. The number of methoxy groups -OCH3 is 1. The molecule has 0 amide bonds. The molecule has 2 N–H and O–H groups in total. The van der Waals surface area contributed by atoms with Gasteiger partial charge in [-0.25, -0.2) is 4.79 Å². The maximum Gasteiger partial charge on any atom is 0.349 e. The van der Waals surface area contributed by atoms with Gasteiger partial charge in [-0.3, -0.25) is 0 Å². The van der Waals surface area contributed by atoms with Gasteiger partial charge in [0.25, 0.3) is 0 Å². The molecular weight excluding hydrogens is 619 g/mol. The average Bonchev–Trinajstić information content (AvgIpc) is 3.03. The zero-order valence-electron chi connectivity index (χ0n) is 24.3. The third-order valence-corrected chi connectivity index (χ3v) is 7.42. The van der Waals surface area contributed by atoms with Crippen LogP contribution in [0.1, 0.15) is 29.5 Å². The Balaban J connectivity index is 1.36. The molecule has 4 aromatic rings. The van der Waals surface area contributed by atoms with Crippen molar-refractivity contribution in [2.24, 2.45) is 5.73 Å². The summed E-state index contributed by atoms with van der Waals surface area (Å²) in [5.74, 6) is 1.44. The molecule has 1 aliphatic rings. The summed E-state index contributed by atoms with van der Waals surface area (Å²) in [5, 5.41) is 11.0. The van der Waals surface area contributed by atoms with Crippen molar-refractivity contribution >= 4 is 29.2 Å². The van der Waals surface area contributed by atoms with Gasteiger partial charge in [0.15, 0.2) is 18.1 Å². The van der Waals surface area contributed by atoms with Crippen molar-refractivity contribution in [1.82, 2.24) is 0 Å². The third kappa shape index (κ3) is 7.37. The molecule has 0 saturated carbocycles. The van der Waals surface area contributed by atoms with Gasteiger partial charge in [0.05, 0.1) is 19.6 Å². The largest absolute Gasteiger partial charge is 0.497 e. The Hall–Kier alpha value is -5.04. The number of hydrogen-bond donors (Lipinski definition) is 1. The summed E-state index contributed by atoms with van der Waals surface area (Å²) >= 11 is 12.3. The van der Waals surface area contributed by atoms with Crippen LogP contribution in [0, 0.1) is 11.3 Å². The minimum Gasteiger partial charge on any atom is -0.497 e. The third-order valence-electron chi connectivity index (χ3n) is 6.84. The number of hydrogen-bond acceptors (Lipinski definition) is 9. The molecule has 0 saturated heterocycles. The highest BCUT2D eigenvalue weighted by Crippen LogP contribution is 2.45. The van der Waals surface area contributed by atoms with E-state index in [2.05, 4.69) is 6.07 Å². The van der Waals surface area contributed by atoms with Crippen LogP contribution in [0.5, 0.6) is 34.5 Å². The van der Waals surface area contributed by atoms with Crippen LogP contribution < -0.4 is 34.2 Å². The standard InChI is InChI=1S/C34H28Cl2N2O7/c1-3-41-31-14-20(5-13-29(31)43-18-21-4-6-22(35)15-28(21)36)33-26-12-11-25(16-30(26)45-34(38)27(33)17-37)44-32(39)19-42-24-9-7-23(40-2)8-10-24/h4-16,33H,3,18-19,38H2,1-2H3. The van der Waals surface area contributed by atoms with Gasteiger partial charge in [-0.05, 0) is 67.1 Å². The van der Waals surface area contributed by atoms with Crippen molar-refractivity contribution in [3.63, 3.8) is 0 Å². The van der Waals surface area contributed by atoms with Gasteiger partial charge in [-0.15, -0.1) is 0 Å². The highest BCUT2D eigenvalue weighted by Gasteiger charge is 2.32. The van der Waals surface area contributed by atoms with Gasteiger partial charge >= 0.3 is 5.97 Å². The van der Waals surface area contributed by atoms with E-state index in [0.717, 1.165) is 11.1 Å². The van der Waals surface area contributed by atoms with Crippen LogP contribution in [0.3, 0.4) is 0 Å². The average molecular weight is 648 g/mol. The van der Waals surface area contributed by atoms with Crippen LogP contribution in [-0.2, 0) is 11.4 Å². The van der Waals surface area contributed by atoms with Gasteiger partial charge in [-0.1, -0.05) is 41.4 Å². The zero-order valence-corrected chi connectivity index (χ0v) is 25.9. The Morgan fingerprint density at radius 3 is 2.38 bits per heavy atom. The molecule has 0 spiro atoms. The number of esters is 1. The zero-order chi connectivity index (χ0) is 31.9. The summed E-state index contributed by atoms with van der Waals surface area (Å²) in [6.45, 7) is 2.12. The van der Waals surface area contributed by atoms with Gasteiger partial charge in [0, 0.05) is 27.2 Å². The molecule has 5 rings (SSSR count). The molecule has 9 nitrogen and oxygen atoms in total. The quantitative estimate of drug-likeness (QED) is 0.133. The first kappa shape index (κ1) is 31.4. The van der Waals surface area contributed by atoms with E-state index < -0.39 is 11.9 Å². The fourth-order valence-electron chi connectivity index (χ4n) is 4.70. The highest BCUT2D eigenvalue weighted by molar-refractivity contribution is 6.35. The van der Waals surface area contributed by atoms with Gasteiger partial charge in [0.1, 0.15) is 41.2 Å². The first-order chi connectivity index (χ1) is 21.8. The molecular formula is C34H28Cl2N2O7. The second-order valence-corrected chi connectivity index (χ2v) is 10.6. The lowest BCUT2D eigenvalue weighted by molar-refractivity contribution is -0.136. The Morgan fingerprint density at radius 1 is 0.911 bits per heavy atom. The van der Waals surface area contributed by atoms with Gasteiger partial charge < -0.3 is 34.2 Å². The van der Waals surface area contributed by atoms with E-state index in [1.165, 1.54) is 0 Å². The fraction of sp³-hybridized carbons (Fsp3) is 0.176. The van der Waals surface area contributed by atoms with Crippen LogP contribution in [-0.4, -0.2) is 26.3 Å². The lowest BCUT2D eigenvalue weighted by Crippen LogP contribution is -2.22. The van der Waals surface area contributed by atoms with Crippen molar-refractivity contribution in [3.05, 3.63) is 117 Å². The van der Waals surface area contributed by atoms with E-state index in [0.29, 0.717) is 51.0 Å². The molecule has 1 aliphatic heterocycles. The van der Waals surface area contributed by atoms with Crippen LogP contribution in [0.4, 0.5) is 0 Å². The summed E-state index contributed by atoms with van der Waals surface area (Å²) in [6.07, 6.45) is 0. The molecule has 1 unspecified atom stereocenters. The number of nitrogens with zero attached hydrogens (tertiary/aromatic N) is 1. The molecule has 230 valence electrons. The minimum atomic E-state index is -0.615. The smallest absolute Gasteiger partial charge is 0.349 e. The second-order valence-electron chi connectivity index (χ2n) is 9.73. The van der Waals surface area contributed by atoms with Crippen molar-refractivity contribution in [2.75, 3.05) is 20.3 Å². The molecule has 0 fully saturated rings. The van der Waals surface area contributed by atoms with Crippen molar-refractivity contribution in [1.29, 1.82) is 5.26 Å². The molecule has 11 heteroatoms. The summed E-state index contributed by atoms with van der Waals surface area (Å²) < 4.78 is 33.9. The lowest BCUT2D eigenvalue weighted by atomic mass is 9.83. The monoisotopic (exact) mass is 646 g/mol. The lowest BCUT2D eigenvalue weighted by Gasteiger charge is -2.27. The number of allylic oxidation sites excluding steroid dienone is 1. The number of nitriles is 1. The fourth-order valence-corrected chi connectivity index (χ4v) is 5.17. The summed E-state index contributed by atoms with van der Waals surface area (Å²) in [4.78, 5) is 12.5. The first-order valence-electron chi connectivity index (χ1n) is 13.8. The molecule has 0 aliphatic carbocycles. The number of nitrogens with two attached hydrogens (primary N) is 1. The topological polar surface area (TPSA) is 122 Å². The maximum atomic E-state index is 12.5. The number of fused-ring (bicyclic) bond motifs is 1. The van der Waals surface area contributed by atoms with Crippen LogP contribution in [0.15, 0.2) is 90.3 Å². The summed E-state index contributed by atoms with van der Waals surface area (Å²) in [7, 11) is 1.56. The van der Waals surface area contributed by atoms with Crippen molar-refractivity contribution < 1.29 is 33.2 Å². The van der Waals surface area contributed by atoms with E-state index in [4.69, 9.17) is 57.4 Å². The predicted octanol–water partition coefficient (Wildman–Crippen LogP) is 7.18. The Kier molecular flexibility index (Phi) is 9.88. The minimum absolute atomic E-state index is 0.0583. The first-order valence-corrected chi connectivity index (χ1v) is 14.6. The number of benzene rings is 4. The SMILES string of the molecule is CCOc1cc(C2C(C#N)=C(N)Oc3cc(OC(=O)COc4ccc(OC)cc4)ccc32)ccc1OCc1ccc(Cl)cc1Cl. The molecule has 1 atom stereocenters. The number of rotatable bonds is 11. The molecule has 4 aromatic carbocycles. The van der Waals surface area contributed by atoms with Crippen LogP contribution in [0.2, 0.25) is 10.0 Å². The normalized spacial score (nSPS) is 13.6.